The first-order chi connectivity index (χ1) is 5.31. The molecule has 0 radical (unpaired) electrons. The van der Waals surface area contributed by atoms with Crippen LogP contribution in [0.2, 0.25) is 0 Å². The molecule has 0 aromatic heterocycles. The third-order valence-electron chi connectivity index (χ3n) is 1.64. The zero-order valence-corrected chi connectivity index (χ0v) is 8.84. The molecule has 0 heterocycles. The summed E-state index contributed by atoms with van der Waals surface area (Å²) in [6.07, 6.45) is 2.55. The molecule has 0 amide bonds. The predicted octanol–water partition coefficient (Wildman–Crippen LogP) is 2.52. The molecule has 0 saturated carbocycles. The Morgan fingerprint density at radius 2 is 2.09 bits per heavy atom. The molecule has 0 rings (SSSR count). The number of thioether (sulfide) groups is 1. The van der Waals surface area contributed by atoms with E-state index in [-0.39, 0.29) is 0 Å². The fourth-order valence-electron chi connectivity index (χ4n) is 0.897. The minimum atomic E-state index is 0.703. The first kappa shape index (κ1) is 11.3. The average molecular weight is 175 g/mol. The maximum Gasteiger partial charge on any atom is 0.00465 e. The van der Waals surface area contributed by atoms with Crippen molar-refractivity contribution in [1.29, 1.82) is 0 Å². The normalized spacial score (nSPS) is 13.4. The minimum Gasteiger partial charge on any atom is -0.314 e. The topological polar surface area (TPSA) is 12.0 Å². The Hall–Kier alpha value is 0.310. The molecular weight excluding hydrogens is 154 g/mol. The summed E-state index contributed by atoms with van der Waals surface area (Å²) in [5, 5.41) is 3.48. The molecule has 68 valence electrons. The monoisotopic (exact) mass is 175 g/mol. The van der Waals surface area contributed by atoms with Crippen LogP contribution >= 0.6 is 11.8 Å². The second kappa shape index (κ2) is 8.41. The average Bonchev–Trinajstić information content (AvgIpc) is 2.01. The maximum absolute atomic E-state index is 3.48. The Bertz CT molecular complexity index is 76.0. The van der Waals surface area contributed by atoms with Crippen molar-refractivity contribution in [2.24, 2.45) is 0 Å². The van der Waals surface area contributed by atoms with Crippen LogP contribution in [-0.2, 0) is 0 Å². The zero-order valence-electron chi connectivity index (χ0n) is 8.02. The van der Waals surface area contributed by atoms with Gasteiger partial charge in [0.05, 0.1) is 0 Å². The number of rotatable bonds is 7. The van der Waals surface area contributed by atoms with E-state index in [1.807, 2.05) is 11.8 Å². The van der Waals surface area contributed by atoms with E-state index in [1.54, 1.807) is 0 Å². The van der Waals surface area contributed by atoms with Gasteiger partial charge in [0.2, 0.25) is 0 Å². The Labute approximate surface area is 75.3 Å². The van der Waals surface area contributed by atoms with Gasteiger partial charge < -0.3 is 5.32 Å². The minimum absolute atomic E-state index is 0.703. The summed E-state index contributed by atoms with van der Waals surface area (Å²) < 4.78 is 0. The van der Waals surface area contributed by atoms with Gasteiger partial charge >= 0.3 is 0 Å². The quantitative estimate of drug-likeness (QED) is 0.597. The summed E-state index contributed by atoms with van der Waals surface area (Å²) >= 11 is 2.03. The lowest BCUT2D eigenvalue weighted by atomic mass is 10.2. The van der Waals surface area contributed by atoms with E-state index in [1.165, 1.54) is 24.3 Å². The van der Waals surface area contributed by atoms with Crippen molar-refractivity contribution in [2.45, 2.75) is 39.7 Å². The molecular formula is C9H21NS. The molecule has 1 unspecified atom stereocenters. The van der Waals surface area contributed by atoms with E-state index in [0.29, 0.717) is 6.04 Å². The lowest BCUT2D eigenvalue weighted by Gasteiger charge is -2.11. The smallest absolute Gasteiger partial charge is 0.00465 e. The van der Waals surface area contributed by atoms with Gasteiger partial charge in [-0.25, -0.2) is 0 Å². The van der Waals surface area contributed by atoms with Gasteiger partial charge in [-0.2, -0.15) is 11.8 Å². The van der Waals surface area contributed by atoms with Gasteiger partial charge in [0.15, 0.2) is 0 Å². The van der Waals surface area contributed by atoms with Crippen molar-refractivity contribution in [3.63, 3.8) is 0 Å². The molecule has 0 spiro atoms. The molecule has 2 heteroatoms. The van der Waals surface area contributed by atoms with Crippen LogP contribution in [0.1, 0.15) is 33.6 Å². The highest BCUT2D eigenvalue weighted by molar-refractivity contribution is 7.99. The Kier molecular flexibility index (Phi) is 8.64. The van der Waals surface area contributed by atoms with Crippen molar-refractivity contribution in [3.05, 3.63) is 0 Å². The van der Waals surface area contributed by atoms with Crippen LogP contribution in [0, 0.1) is 0 Å². The number of nitrogens with one attached hydrogen (secondary N) is 1. The van der Waals surface area contributed by atoms with Gasteiger partial charge in [-0.05, 0) is 37.8 Å². The van der Waals surface area contributed by atoms with Gasteiger partial charge in [0.1, 0.15) is 0 Å². The summed E-state index contributed by atoms with van der Waals surface area (Å²) in [5.74, 6) is 2.55. The molecule has 1 atom stereocenters. The van der Waals surface area contributed by atoms with Crippen molar-refractivity contribution in [2.75, 3.05) is 18.1 Å². The number of hydrogen-bond acceptors (Lipinski definition) is 2. The first-order valence-electron chi connectivity index (χ1n) is 4.62. The maximum atomic E-state index is 3.48. The van der Waals surface area contributed by atoms with Gasteiger partial charge in [-0.15, -0.1) is 0 Å². The third-order valence-corrected chi connectivity index (χ3v) is 2.57. The van der Waals surface area contributed by atoms with Crippen LogP contribution in [0.15, 0.2) is 0 Å². The van der Waals surface area contributed by atoms with Gasteiger partial charge in [0, 0.05) is 6.04 Å². The largest absolute Gasteiger partial charge is 0.314 e. The molecule has 0 aliphatic heterocycles. The summed E-state index contributed by atoms with van der Waals surface area (Å²) in [6, 6.07) is 0.703. The molecule has 0 fully saturated rings. The van der Waals surface area contributed by atoms with Crippen molar-refractivity contribution in [1.82, 2.24) is 5.32 Å². The third kappa shape index (κ3) is 8.21. The highest BCUT2D eigenvalue weighted by atomic mass is 32.2. The standard InChI is InChI=1S/C9H21NS/c1-4-7-10-9(3)6-8-11-5-2/h9-10H,4-8H2,1-3H3. The molecule has 0 aromatic carbocycles. The van der Waals surface area contributed by atoms with E-state index in [0.717, 1.165) is 6.54 Å². The van der Waals surface area contributed by atoms with Crippen LogP contribution in [0.5, 0.6) is 0 Å². The molecule has 1 nitrogen and oxygen atoms in total. The Balaban J connectivity index is 3.02. The molecule has 0 bridgehead atoms. The molecule has 11 heavy (non-hydrogen) atoms. The summed E-state index contributed by atoms with van der Waals surface area (Å²) in [4.78, 5) is 0. The zero-order chi connectivity index (χ0) is 8.53. The number of hydrogen-bond donors (Lipinski definition) is 1. The summed E-state index contributed by atoms with van der Waals surface area (Å²) in [7, 11) is 0. The highest BCUT2D eigenvalue weighted by Gasteiger charge is 1.98. The molecule has 0 aliphatic rings. The van der Waals surface area contributed by atoms with Crippen molar-refractivity contribution >= 4 is 11.8 Å². The van der Waals surface area contributed by atoms with Crippen LogP contribution in [0.3, 0.4) is 0 Å². The van der Waals surface area contributed by atoms with Crippen LogP contribution in [-0.4, -0.2) is 24.1 Å². The fraction of sp³-hybridized carbons (Fsp3) is 1.00. The molecule has 1 N–H and O–H groups in total. The van der Waals surface area contributed by atoms with Gasteiger partial charge in [-0.3, -0.25) is 0 Å². The lowest BCUT2D eigenvalue weighted by molar-refractivity contribution is 0.536. The van der Waals surface area contributed by atoms with E-state index >= 15 is 0 Å². The van der Waals surface area contributed by atoms with Crippen LogP contribution < -0.4 is 5.32 Å². The summed E-state index contributed by atoms with van der Waals surface area (Å²) in [6.45, 7) is 7.86. The summed E-state index contributed by atoms with van der Waals surface area (Å²) in [5.41, 5.74) is 0. The highest BCUT2D eigenvalue weighted by Crippen LogP contribution is 2.03. The SMILES string of the molecule is CCCNC(C)CCSCC. The van der Waals surface area contributed by atoms with Gasteiger partial charge in [0.25, 0.3) is 0 Å². The fourth-order valence-corrected chi connectivity index (χ4v) is 1.71. The van der Waals surface area contributed by atoms with E-state index in [2.05, 4.69) is 26.1 Å². The Morgan fingerprint density at radius 3 is 2.64 bits per heavy atom. The van der Waals surface area contributed by atoms with E-state index < -0.39 is 0 Å². The van der Waals surface area contributed by atoms with E-state index in [9.17, 15) is 0 Å². The molecule has 0 saturated heterocycles. The lowest BCUT2D eigenvalue weighted by Crippen LogP contribution is -2.27. The van der Waals surface area contributed by atoms with Crippen molar-refractivity contribution < 1.29 is 0 Å². The molecule has 0 aromatic rings. The van der Waals surface area contributed by atoms with Gasteiger partial charge in [-0.1, -0.05) is 13.8 Å². The first-order valence-corrected chi connectivity index (χ1v) is 5.77. The van der Waals surface area contributed by atoms with Crippen LogP contribution in [0.4, 0.5) is 0 Å². The Morgan fingerprint density at radius 1 is 1.36 bits per heavy atom. The van der Waals surface area contributed by atoms with Crippen molar-refractivity contribution in [3.8, 4) is 0 Å². The predicted molar refractivity (Wildman–Crippen MR) is 55.4 cm³/mol. The second-order valence-electron chi connectivity index (χ2n) is 2.84. The van der Waals surface area contributed by atoms with E-state index in [4.69, 9.17) is 0 Å². The molecule has 0 aliphatic carbocycles. The van der Waals surface area contributed by atoms with Crippen LogP contribution in [0.25, 0.3) is 0 Å². The second-order valence-corrected chi connectivity index (χ2v) is 4.23.